The van der Waals surface area contributed by atoms with Gasteiger partial charge in [-0.15, -0.1) is 12.4 Å². The number of hydrogen-bond donors (Lipinski definition) is 2. The van der Waals surface area contributed by atoms with Gasteiger partial charge in [0, 0.05) is 11.8 Å². The monoisotopic (exact) mass is 360 g/mol. The number of hydrogen-bond acceptors (Lipinski definition) is 5. The zero-order chi connectivity index (χ0) is 17.4. The second-order valence-corrected chi connectivity index (χ2v) is 5.10. The first-order valence-electron chi connectivity index (χ1n) is 7.41. The Kier molecular flexibility index (Phi) is 9.83. The Morgan fingerprint density at radius 3 is 2.38 bits per heavy atom. The number of halogens is 1. The summed E-state index contributed by atoms with van der Waals surface area (Å²) in [5, 5.41) is 11.7. The van der Waals surface area contributed by atoms with E-state index in [1.54, 1.807) is 30.0 Å². The Balaban J connectivity index is 0.00000529. The Morgan fingerprint density at radius 2 is 1.88 bits per heavy atom. The van der Waals surface area contributed by atoms with Crippen LogP contribution in [0.3, 0.4) is 0 Å². The molecule has 0 spiro atoms. The molecule has 0 aromatic heterocycles. The predicted molar refractivity (Wildman–Crippen MR) is 94.4 cm³/mol. The topological polar surface area (TPSA) is 88.1 Å². The lowest BCUT2D eigenvalue weighted by Crippen LogP contribution is -2.44. The largest absolute Gasteiger partial charge is 0.493 e. The number of carbonyl (C=O) groups excluding carboxylic acids is 1. The number of benzene rings is 1. The van der Waals surface area contributed by atoms with Gasteiger partial charge in [0.2, 0.25) is 5.91 Å². The van der Waals surface area contributed by atoms with Crippen molar-refractivity contribution in [2.24, 2.45) is 0 Å². The van der Waals surface area contributed by atoms with Crippen molar-refractivity contribution < 1.29 is 24.2 Å². The fourth-order valence-electron chi connectivity index (χ4n) is 2.20. The van der Waals surface area contributed by atoms with Crippen molar-refractivity contribution in [1.82, 2.24) is 4.90 Å². The lowest BCUT2D eigenvalue weighted by molar-refractivity contribution is -0.139. The van der Waals surface area contributed by atoms with Gasteiger partial charge in [-0.05, 0) is 32.0 Å². The van der Waals surface area contributed by atoms with Crippen LogP contribution in [0.25, 0.3) is 0 Å². The number of amides is 1. The summed E-state index contributed by atoms with van der Waals surface area (Å²) in [6.45, 7) is 3.99. The minimum atomic E-state index is -0.954. The molecule has 1 aromatic carbocycles. The van der Waals surface area contributed by atoms with Gasteiger partial charge in [0.1, 0.15) is 0 Å². The molecule has 0 saturated heterocycles. The predicted octanol–water partition coefficient (Wildman–Crippen LogP) is 2.25. The van der Waals surface area contributed by atoms with Crippen molar-refractivity contribution in [2.45, 2.75) is 26.3 Å². The number of anilines is 1. The molecule has 2 N–H and O–H groups in total. The molecule has 0 saturated carbocycles. The van der Waals surface area contributed by atoms with Crippen LogP contribution in [-0.4, -0.2) is 55.2 Å². The first-order valence-corrected chi connectivity index (χ1v) is 7.41. The standard InChI is InChI=1S/C16H24N2O5.ClH/c1-5-8-18(10-15(19)20)11(2)16(21)17-12-6-7-13(22-3)14(9-12)23-4;/h6-7,9,11H,5,8,10H2,1-4H3,(H,17,21)(H,19,20);1H. The molecule has 1 atom stereocenters. The van der Waals surface area contributed by atoms with Crippen LogP contribution in [-0.2, 0) is 9.59 Å². The molecule has 0 radical (unpaired) electrons. The van der Waals surface area contributed by atoms with E-state index in [1.807, 2.05) is 6.92 Å². The number of nitrogens with zero attached hydrogens (tertiary/aromatic N) is 1. The number of carboxylic acid groups (broad SMARTS) is 1. The summed E-state index contributed by atoms with van der Waals surface area (Å²) in [6.07, 6.45) is 0.765. The van der Waals surface area contributed by atoms with Gasteiger partial charge in [-0.3, -0.25) is 14.5 Å². The normalized spacial score (nSPS) is 11.4. The Hall–Kier alpha value is -1.99. The molecule has 0 aliphatic rings. The highest BCUT2D eigenvalue weighted by Crippen LogP contribution is 2.29. The molecular formula is C16H25ClN2O5. The van der Waals surface area contributed by atoms with Crippen LogP contribution < -0.4 is 14.8 Å². The molecule has 0 aliphatic heterocycles. The molecule has 0 aliphatic carbocycles. The van der Waals surface area contributed by atoms with Gasteiger partial charge in [-0.1, -0.05) is 6.92 Å². The molecule has 0 bridgehead atoms. The molecular weight excluding hydrogens is 336 g/mol. The third-order valence-electron chi connectivity index (χ3n) is 3.43. The van der Waals surface area contributed by atoms with E-state index in [0.717, 1.165) is 6.42 Å². The van der Waals surface area contributed by atoms with Gasteiger partial charge >= 0.3 is 5.97 Å². The van der Waals surface area contributed by atoms with Crippen LogP contribution in [0, 0.1) is 0 Å². The Bertz CT molecular complexity index is 553. The fourth-order valence-corrected chi connectivity index (χ4v) is 2.20. The van der Waals surface area contributed by atoms with E-state index in [1.165, 1.54) is 14.2 Å². The summed E-state index contributed by atoms with van der Waals surface area (Å²) in [7, 11) is 3.05. The van der Waals surface area contributed by atoms with E-state index >= 15 is 0 Å². The van der Waals surface area contributed by atoms with Crippen molar-refractivity contribution in [1.29, 1.82) is 0 Å². The second-order valence-electron chi connectivity index (χ2n) is 5.10. The molecule has 1 unspecified atom stereocenters. The molecule has 8 heteroatoms. The zero-order valence-corrected chi connectivity index (χ0v) is 15.2. The third-order valence-corrected chi connectivity index (χ3v) is 3.43. The van der Waals surface area contributed by atoms with Crippen LogP contribution >= 0.6 is 12.4 Å². The van der Waals surface area contributed by atoms with Crippen molar-refractivity contribution in [2.75, 3.05) is 32.6 Å². The molecule has 0 fully saturated rings. The Morgan fingerprint density at radius 1 is 1.25 bits per heavy atom. The number of rotatable bonds is 9. The summed E-state index contributed by atoms with van der Waals surface area (Å²) < 4.78 is 10.3. The lowest BCUT2D eigenvalue weighted by atomic mass is 10.2. The molecule has 24 heavy (non-hydrogen) atoms. The van der Waals surface area contributed by atoms with Crippen LogP contribution in [0.5, 0.6) is 11.5 Å². The molecule has 1 amide bonds. The van der Waals surface area contributed by atoms with Gasteiger partial charge in [0.05, 0.1) is 26.8 Å². The number of carboxylic acids is 1. The molecule has 7 nitrogen and oxygen atoms in total. The summed E-state index contributed by atoms with van der Waals surface area (Å²) in [4.78, 5) is 24.9. The van der Waals surface area contributed by atoms with Gasteiger partial charge in [0.15, 0.2) is 11.5 Å². The first kappa shape index (κ1) is 22.0. The molecule has 136 valence electrons. The van der Waals surface area contributed by atoms with Crippen molar-refractivity contribution >= 4 is 30.0 Å². The average Bonchev–Trinajstić information content (AvgIpc) is 2.53. The van der Waals surface area contributed by atoms with E-state index in [4.69, 9.17) is 14.6 Å². The lowest BCUT2D eigenvalue weighted by Gasteiger charge is -2.26. The van der Waals surface area contributed by atoms with Crippen molar-refractivity contribution in [3.8, 4) is 11.5 Å². The highest BCUT2D eigenvalue weighted by Gasteiger charge is 2.23. The third kappa shape index (κ3) is 6.25. The summed E-state index contributed by atoms with van der Waals surface area (Å²) in [6, 6.07) is 4.50. The molecule has 1 aromatic rings. The van der Waals surface area contributed by atoms with Crippen LogP contribution in [0.1, 0.15) is 20.3 Å². The minimum absolute atomic E-state index is 0. The highest BCUT2D eigenvalue weighted by molar-refractivity contribution is 5.95. The van der Waals surface area contributed by atoms with Crippen molar-refractivity contribution in [3.63, 3.8) is 0 Å². The zero-order valence-electron chi connectivity index (χ0n) is 14.4. The van der Waals surface area contributed by atoms with E-state index in [-0.39, 0.29) is 24.9 Å². The van der Waals surface area contributed by atoms with E-state index in [2.05, 4.69) is 5.32 Å². The second kappa shape index (κ2) is 10.7. The van der Waals surface area contributed by atoms with Gasteiger partial charge in [-0.25, -0.2) is 0 Å². The Labute approximate surface area is 148 Å². The number of aliphatic carboxylic acids is 1. The van der Waals surface area contributed by atoms with Crippen LogP contribution in [0.15, 0.2) is 18.2 Å². The first-order chi connectivity index (χ1) is 10.9. The number of methoxy groups -OCH3 is 2. The maximum Gasteiger partial charge on any atom is 0.317 e. The minimum Gasteiger partial charge on any atom is -0.493 e. The number of carbonyl (C=O) groups is 2. The van der Waals surface area contributed by atoms with Gasteiger partial charge in [-0.2, -0.15) is 0 Å². The van der Waals surface area contributed by atoms with Crippen molar-refractivity contribution in [3.05, 3.63) is 18.2 Å². The van der Waals surface area contributed by atoms with Gasteiger partial charge in [0.25, 0.3) is 0 Å². The fraction of sp³-hybridized carbons (Fsp3) is 0.500. The maximum atomic E-state index is 12.3. The maximum absolute atomic E-state index is 12.3. The number of nitrogens with one attached hydrogen (secondary N) is 1. The van der Waals surface area contributed by atoms with E-state index < -0.39 is 12.0 Å². The summed E-state index contributed by atoms with van der Waals surface area (Å²) in [5.41, 5.74) is 0.561. The van der Waals surface area contributed by atoms with Gasteiger partial charge < -0.3 is 19.9 Å². The molecule has 0 heterocycles. The molecule has 1 rings (SSSR count). The summed E-state index contributed by atoms with van der Waals surface area (Å²) >= 11 is 0. The van der Waals surface area contributed by atoms with E-state index in [0.29, 0.717) is 23.7 Å². The smallest absolute Gasteiger partial charge is 0.317 e. The summed E-state index contributed by atoms with van der Waals surface area (Å²) in [5.74, 6) is -0.151. The number of ether oxygens (including phenoxy) is 2. The SMILES string of the molecule is CCCN(CC(=O)O)C(C)C(=O)Nc1ccc(OC)c(OC)c1.Cl. The quantitative estimate of drug-likeness (QED) is 0.702. The highest BCUT2D eigenvalue weighted by atomic mass is 35.5. The van der Waals surface area contributed by atoms with Crippen LogP contribution in [0.2, 0.25) is 0 Å². The van der Waals surface area contributed by atoms with Crippen LogP contribution in [0.4, 0.5) is 5.69 Å². The van der Waals surface area contributed by atoms with E-state index in [9.17, 15) is 9.59 Å². The average molecular weight is 361 g/mol.